The highest BCUT2D eigenvalue weighted by atomic mass is 79.9. The number of aliphatic hydroxyl groups is 1. The Bertz CT molecular complexity index is 397. The molecule has 0 aromatic heterocycles. The summed E-state index contributed by atoms with van der Waals surface area (Å²) in [6.45, 7) is 0. The van der Waals surface area contributed by atoms with Crippen LogP contribution in [0.3, 0.4) is 0 Å². The Kier molecular flexibility index (Phi) is 4.89. The Morgan fingerprint density at radius 1 is 0.947 bits per heavy atom. The van der Waals surface area contributed by atoms with Gasteiger partial charge in [-0.15, -0.1) is 0 Å². The molecule has 8 heteroatoms. The minimum absolute atomic E-state index is 0.189. The van der Waals surface area contributed by atoms with Gasteiger partial charge >= 0.3 is 12.4 Å². The normalized spacial score (nSPS) is 14.8. The lowest BCUT2D eigenvalue weighted by Crippen LogP contribution is -2.45. The van der Waals surface area contributed by atoms with Crippen LogP contribution in [0.4, 0.5) is 26.3 Å². The van der Waals surface area contributed by atoms with Crippen molar-refractivity contribution in [3.63, 3.8) is 0 Å². The van der Waals surface area contributed by atoms with Crippen molar-refractivity contribution in [1.82, 2.24) is 0 Å². The number of hydrogen-bond donors (Lipinski definition) is 1. The highest BCUT2D eigenvalue weighted by Gasteiger charge is 2.59. The Morgan fingerprint density at radius 2 is 1.37 bits per heavy atom. The molecule has 0 radical (unpaired) electrons. The van der Waals surface area contributed by atoms with Gasteiger partial charge in [0.2, 0.25) is 0 Å². The zero-order chi connectivity index (χ0) is 14.8. The lowest BCUT2D eigenvalue weighted by atomic mass is 9.95. The van der Waals surface area contributed by atoms with E-state index in [0.29, 0.717) is 4.47 Å². The highest BCUT2D eigenvalue weighted by molar-refractivity contribution is 9.10. The van der Waals surface area contributed by atoms with Gasteiger partial charge in [-0.05, 0) is 24.1 Å². The van der Waals surface area contributed by atoms with Crippen molar-refractivity contribution < 1.29 is 31.4 Å². The summed E-state index contributed by atoms with van der Waals surface area (Å²) in [5.41, 5.74) is 0.189. The van der Waals surface area contributed by atoms with Crippen molar-refractivity contribution in [1.29, 1.82) is 0 Å². The maximum Gasteiger partial charge on any atom is 0.403 e. The second-order valence-electron chi connectivity index (χ2n) is 3.96. The van der Waals surface area contributed by atoms with Gasteiger partial charge in [-0.25, -0.2) is 0 Å². The molecular weight excluding hydrogens is 342 g/mol. The van der Waals surface area contributed by atoms with Gasteiger partial charge in [-0.3, -0.25) is 0 Å². The third kappa shape index (κ3) is 4.68. The summed E-state index contributed by atoms with van der Waals surface area (Å²) in [6, 6.07) is 5.63. The standard InChI is InChI=1S/C11H9BrF6O/c12-7-3-1-6(2-4-7)5-8(19)9(10(13,14)15)11(16,17)18/h1-4,8-9,19H,5H2. The molecule has 1 aromatic rings. The van der Waals surface area contributed by atoms with Gasteiger partial charge in [0, 0.05) is 4.47 Å². The van der Waals surface area contributed by atoms with Gasteiger partial charge in [0.25, 0.3) is 0 Å². The molecule has 1 aromatic carbocycles. The van der Waals surface area contributed by atoms with E-state index in [1.165, 1.54) is 24.3 Å². The summed E-state index contributed by atoms with van der Waals surface area (Å²) >= 11 is 3.08. The SMILES string of the molecule is OC(Cc1ccc(Br)cc1)C(C(F)(F)F)C(F)(F)F. The fourth-order valence-electron chi connectivity index (χ4n) is 1.60. The second kappa shape index (κ2) is 5.70. The van der Waals surface area contributed by atoms with Crippen molar-refractivity contribution in [2.75, 3.05) is 0 Å². The topological polar surface area (TPSA) is 20.2 Å². The average Bonchev–Trinajstić information content (AvgIpc) is 2.16. The number of hydrogen-bond acceptors (Lipinski definition) is 1. The first-order chi connectivity index (χ1) is 8.51. The van der Waals surface area contributed by atoms with Crippen LogP contribution in [-0.4, -0.2) is 23.6 Å². The molecule has 0 fully saturated rings. The van der Waals surface area contributed by atoms with Gasteiger partial charge in [0.1, 0.15) is 0 Å². The first kappa shape index (κ1) is 16.3. The minimum Gasteiger partial charge on any atom is -0.392 e. The molecule has 0 saturated carbocycles. The summed E-state index contributed by atoms with van der Waals surface area (Å²) in [5.74, 6) is -3.75. The van der Waals surface area contributed by atoms with Crippen molar-refractivity contribution in [2.45, 2.75) is 24.9 Å². The predicted octanol–water partition coefficient (Wildman–Crippen LogP) is 4.09. The fraction of sp³-hybridized carbons (Fsp3) is 0.455. The summed E-state index contributed by atoms with van der Waals surface area (Å²) in [6.07, 6.45) is -14.4. The van der Waals surface area contributed by atoms with E-state index in [0.717, 1.165) is 0 Å². The van der Waals surface area contributed by atoms with Crippen LogP contribution < -0.4 is 0 Å². The van der Waals surface area contributed by atoms with Gasteiger partial charge < -0.3 is 5.11 Å². The molecule has 0 aliphatic rings. The molecule has 1 rings (SSSR count). The molecule has 1 atom stereocenters. The highest BCUT2D eigenvalue weighted by Crippen LogP contribution is 2.42. The Labute approximate surface area is 113 Å². The zero-order valence-corrected chi connectivity index (χ0v) is 10.9. The van der Waals surface area contributed by atoms with E-state index in [1.54, 1.807) is 0 Å². The van der Waals surface area contributed by atoms with Crippen molar-refractivity contribution in [3.8, 4) is 0 Å². The molecule has 0 bridgehead atoms. The van der Waals surface area contributed by atoms with Gasteiger partial charge in [-0.1, -0.05) is 28.1 Å². The first-order valence-corrected chi connectivity index (χ1v) is 5.87. The molecule has 0 aliphatic carbocycles. The van der Waals surface area contributed by atoms with Crippen LogP contribution >= 0.6 is 15.9 Å². The minimum atomic E-state index is -5.53. The zero-order valence-electron chi connectivity index (χ0n) is 9.26. The van der Waals surface area contributed by atoms with Crippen molar-refractivity contribution >= 4 is 15.9 Å². The van der Waals surface area contributed by atoms with Crippen LogP contribution in [0, 0.1) is 5.92 Å². The maximum atomic E-state index is 12.3. The van der Waals surface area contributed by atoms with Crippen LogP contribution in [-0.2, 0) is 6.42 Å². The quantitative estimate of drug-likeness (QED) is 0.814. The van der Waals surface area contributed by atoms with E-state index in [-0.39, 0.29) is 5.56 Å². The average molecular weight is 351 g/mol. The third-order valence-electron chi connectivity index (χ3n) is 2.45. The van der Waals surface area contributed by atoms with E-state index in [2.05, 4.69) is 15.9 Å². The van der Waals surface area contributed by atoms with Crippen molar-refractivity contribution in [2.24, 2.45) is 5.92 Å². The summed E-state index contributed by atoms with van der Waals surface area (Å²) in [7, 11) is 0. The van der Waals surface area contributed by atoms with Crippen LogP contribution in [0.25, 0.3) is 0 Å². The summed E-state index contributed by atoms with van der Waals surface area (Å²) in [5, 5.41) is 9.25. The van der Waals surface area contributed by atoms with E-state index in [1.807, 2.05) is 0 Å². The molecule has 1 nitrogen and oxygen atoms in total. The number of aliphatic hydroxyl groups excluding tert-OH is 1. The summed E-state index contributed by atoms with van der Waals surface area (Å²) < 4.78 is 74.7. The molecular formula is C11H9BrF6O. The summed E-state index contributed by atoms with van der Waals surface area (Å²) in [4.78, 5) is 0. The Balaban J connectivity index is 2.89. The first-order valence-electron chi connectivity index (χ1n) is 5.07. The smallest absolute Gasteiger partial charge is 0.392 e. The van der Waals surface area contributed by atoms with Crippen molar-refractivity contribution in [3.05, 3.63) is 34.3 Å². The monoisotopic (exact) mass is 350 g/mol. The van der Waals surface area contributed by atoms with E-state index >= 15 is 0 Å². The van der Waals surface area contributed by atoms with E-state index < -0.39 is 30.8 Å². The molecule has 1 unspecified atom stereocenters. The van der Waals surface area contributed by atoms with Crippen LogP contribution in [0.5, 0.6) is 0 Å². The van der Waals surface area contributed by atoms with Crippen LogP contribution in [0.1, 0.15) is 5.56 Å². The lowest BCUT2D eigenvalue weighted by Gasteiger charge is -2.27. The van der Waals surface area contributed by atoms with Gasteiger partial charge in [-0.2, -0.15) is 26.3 Å². The fourth-order valence-corrected chi connectivity index (χ4v) is 1.87. The second-order valence-corrected chi connectivity index (χ2v) is 4.87. The third-order valence-corrected chi connectivity index (χ3v) is 2.98. The number of alkyl halides is 6. The lowest BCUT2D eigenvalue weighted by molar-refractivity contribution is -0.305. The molecule has 0 heterocycles. The molecule has 0 amide bonds. The van der Waals surface area contributed by atoms with Gasteiger partial charge in [0.05, 0.1) is 6.10 Å². The predicted molar refractivity (Wildman–Crippen MR) is 59.5 cm³/mol. The molecule has 1 N–H and O–H groups in total. The largest absolute Gasteiger partial charge is 0.403 e. The van der Waals surface area contributed by atoms with E-state index in [4.69, 9.17) is 0 Å². The van der Waals surface area contributed by atoms with E-state index in [9.17, 15) is 31.4 Å². The van der Waals surface area contributed by atoms with Gasteiger partial charge in [0.15, 0.2) is 5.92 Å². The van der Waals surface area contributed by atoms with Crippen LogP contribution in [0.15, 0.2) is 28.7 Å². The molecule has 0 spiro atoms. The number of benzene rings is 1. The number of rotatable bonds is 3. The maximum absolute atomic E-state index is 12.3. The molecule has 0 aliphatic heterocycles. The Hall–Kier alpha value is -0.760. The van der Waals surface area contributed by atoms with Crippen LogP contribution in [0.2, 0.25) is 0 Å². The Morgan fingerprint density at radius 3 is 1.74 bits per heavy atom. The molecule has 0 saturated heterocycles. The molecule has 108 valence electrons. The molecule has 19 heavy (non-hydrogen) atoms. The number of halogens is 7.